The number of nitrogens with zero attached hydrogens (tertiary/aromatic N) is 2. The molecule has 1 aliphatic rings. The van der Waals surface area contributed by atoms with Crippen LogP contribution in [0.15, 0.2) is 54.6 Å². The molecule has 6 nitrogen and oxygen atoms in total. The highest BCUT2D eigenvalue weighted by Gasteiger charge is 2.27. The van der Waals surface area contributed by atoms with E-state index in [1.54, 1.807) is 4.90 Å². The molecule has 1 N–H and O–H groups in total. The zero-order valence-electron chi connectivity index (χ0n) is 19.3. The first kappa shape index (κ1) is 23.8. The summed E-state index contributed by atoms with van der Waals surface area (Å²) in [4.78, 5) is 29.2. The summed E-state index contributed by atoms with van der Waals surface area (Å²) in [6, 6.07) is 17.8. The van der Waals surface area contributed by atoms with Crippen LogP contribution < -0.4 is 10.1 Å². The summed E-state index contributed by atoms with van der Waals surface area (Å²) in [5, 5.41) is 3.09. The van der Waals surface area contributed by atoms with Gasteiger partial charge >= 0.3 is 0 Å². The lowest BCUT2D eigenvalue weighted by molar-refractivity contribution is -0.137. The van der Waals surface area contributed by atoms with Gasteiger partial charge in [-0.2, -0.15) is 0 Å². The third-order valence-electron chi connectivity index (χ3n) is 6.08. The fraction of sp³-hybridized carbons (Fsp3) is 0.462. The molecule has 0 saturated carbocycles. The summed E-state index contributed by atoms with van der Waals surface area (Å²) in [6.07, 6.45) is 1.37. The monoisotopic (exact) mass is 437 g/mol. The van der Waals surface area contributed by atoms with Crippen molar-refractivity contribution in [3.05, 3.63) is 65.7 Å². The van der Waals surface area contributed by atoms with Crippen molar-refractivity contribution in [2.24, 2.45) is 5.92 Å². The van der Waals surface area contributed by atoms with Crippen LogP contribution in [0.25, 0.3) is 0 Å². The molecule has 0 aliphatic carbocycles. The number of ether oxygens (including phenoxy) is 1. The number of amides is 2. The molecule has 32 heavy (non-hydrogen) atoms. The van der Waals surface area contributed by atoms with Crippen molar-refractivity contribution in [1.82, 2.24) is 15.1 Å². The smallest absolute Gasteiger partial charge is 0.260 e. The summed E-state index contributed by atoms with van der Waals surface area (Å²) in [5.41, 5.74) is 2.39. The van der Waals surface area contributed by atoms with Gasteiger partial charge in [-0.15, -0.1) is 0 Å². The highest BCUT2D eigenvalue weighted by Crippen LogP contribution is 2.18. The summed E-state index contributed by atoms with van der Waals surface area (Å²) < 4.78 is 5.56. The van der Waals surface area contributed by atoms with Gasteiger partial charge in [0.2, 0.25) is 5.91 Å². The van der Waals surface area contributed by atoms with E-state index in [4.69, 9.17) is 4.74 Å². The van der Waals surface area contributed by atoms with E-state index in [-0.39, 0.29) is 24.3 Å². The summed E-state index contributed by atoms with van der Waals surface area (Å²) >= 11 is 0. The topological polar surface area (TPSA) is 61.9 Å². The van der Waals surface area contributed by atoms with E-state index >= 15 is 0 Å². The second-order valence-electron chi connectivity index (χ2n) is 8.26. The number of hydrogen-bond acceptors (Lipinski definition) is 4. The number of carbonyl (C=O) groups is 2. The zero-order chi connectivity index (χ0) is 22.8. The maximum Gasteiger partial charge on any atom is 0.260 e. The molecular weight excluding hydrogens is 402 g/mol. The van der Waals surface area contributed by atoms with Crippen molar-refractivity contribution < 1.29 is 14.3 Å². The minimum Gasteiger partial charge on any atom is -0.484 e. The first-order valence-electron chi connectivity index (χ1n) is 11.6. The van der Waals surface area contributed by atoms with Gasteiger partial charge < -0.3 is 15.0 Å². The highest BCUT2D eigenvalue weighted by molar-refractivity contribution is 5.80. The number of carbonyl (C=O) groups excluding carboxylic acids is 2. The van der Waals surface area contributed by atoms with Crippen molar-refractivity contribution in [3.63, 3.8) is 0 Å². The van der Waals surface area contributed by atoms with Crippen molar-refractivity contribution in [2.45, 2.75) is 39.8 Å². The fourth-order valence-electron chi connectivity index (χ4n) is 4.02. The van der Waals surface area contributed by atoms with Crippen LogP contribution in [0.4, 0.5) is 0 Å². The van der Waals surface area contributed by atoms with Gasteiger partial charge in [0.05, 0.1) is 0 Å². The summed E-state index contributed by atoms with van der Waals surface area (Å²) in [6.45, 7) is 9.07. The van der Waals surface area contributed by atoms with Crippen LogP contribution in [0.3, 0.4) is 0 Å². The van der Waals surface area contributed by atoms with Gasteiger partial charge in [0.1, 0.15) is 5.75 Å². The van der Waals surface area contributed by atoms with E-state index in [2.05, 4.69) is 48.3 Å². The van der Waals surface area contributed by atoms with Crippen molar-refractivity contribution >= 4 is 11.8 Å². The van der Waals surface area contributed by atoms with Gasteiger partial charge in [-0.3, -0.25) is 14.5 Å². The Morgan fingerprint density at radius 1 is 1.00 bits per heavy atom. The van der Waals surface area contributed by atoms with E-state index in [0.29, 0.717) is 38.2 Å². The molecule has 1 saturated heterocycles. The first-order valence-corrected chi connectivity index (χ1v) is 11.6. The second-order valence-corrected chi connectivity index (χ2v) is 8.26. The van der Waals surface area contributed by atoms with Crippen LogP contribution >= 0.6 is 0 Å². The highest BCUT2D eigenvalue weighted by atomic mass is 16.5. The fourth-order valence-corrected chi connectivity index (χ4v) is 4.02. The summed E-state index contributed by atoms with van der Waals surface area (Å²) in [7, 11) is 0. The molecule has 0 unspecified atom stereocenters. The van der Waals surface area contributed by atoms with E-state index in [9.17, 15) is 9.59 Å². The minimum absolute atomic E-state index is 0.0299. The molecular formula is C26H35N3O3. The quantitative estimate of drug-likeness (QED) is 0.618. The Kier molecular flexibility index (Phi) is 9.11. The maximum absolute atomic E-state index is 12.7. The maximum atomic E-state index is 12.7. The third kappa shape index (κ3) is 7.09. The molecule has 172 valence electrons. The molecule has 2 aromatic rings. The van der Waals surface area contributed by atoms with E-state index in [1.807, 2.05) is 30.3 Å². The number of benzene rings is 2. The van der Waals surface area contributed by atoms with Gasteiger partial charge in [-0.25, -0.2) is 0 Å². The standard InChI is InChI=1S/C26H35N3O3/c1-3-28(4-2)19-22-10-8-9-21(17-22)18-27-26(31)23-13-15-29(16-14-23)25(30)20-32-24-11-6-5-7-12-24/h5-12,17,23H,3-4,13-16,18-20H2,1-2H3,(H,27,31). The van der Waals surface area contributed by atoms with Crippen LogP contribution in [0.2, 0.25) is 0 Å². The number of likely N-dealkylation sites (tertiary alicyclic amines) is 1. The molecule has 1 heterocycles. The largest absolute Gasteiger partial charge is 0.484 e. The molecule has 3 rings (SSSR count). The molecule has 0 atom stereocenters. The lowest BCUT2D eigenvalue weighted by Gasteiger charge is -2.31. The van der Waals surface area contributed by atoms with Crippen LogP contribution in [0, 0.1) is 5.92 Å². The number of rotatable bonds is 10. The molecule has 6 heteroatoms. The Morgan fingerprint density at radius 2 is 1.69 bits per heavy atom. The lowest BCUT2D eigenvalue weighted by Crippen LogP contribution is -2.44. The predicted octanol–water partition coefficient (Wildman–Crippen LogP) is 3.46. The number of para-hydroxylation sites is 1. The van der Waals surface area contributed by atoms with Gasteiger partial charge in [-0.05, 0) is 49.2 Å². The Morgan fingerprint density at radius 3 is 2.38 bits per heavy atom. The van der Waals surface area contributed by atoms with Gasteiger partial charge in [0, 0.05) is 32.1 Å². The van der Waals surface area contributed by atoms with E-state index in [0.717, 1.165) is 25.2 Å². The van der Waals surface area contributed by atoms with Crippen LogP contribution in [0.5, 0.6) is 5.75 Å². The summed E-state index contributed by atoms with van der Waals surface area (Å²) in [5.74, 6) is 0.689. The van der Waals surface area contributed by atoms with Crippen molar-refractivity contribution in [3.8, 4) is 5.75 Å². The van der Waals surface area contributed by atoms with Gasteiger partial charge in [0.25, 0.3) is 5.91 Å². The molecule has 2 aromatic carbocycles. The van der Waals surface area contributed by atoms with Crippen molar-refractivity contribution in [2.75, 3.05) is 32.8 Å². The van der Waals surface area contributed by atoms with E-state index < -0.39 is 0 Å². The molecule has 0 bridgehead atoms. The Bertz CT molecular complexity index is 860. The molecule has 0 aromatic heterocycles. The van der Waals surface area contributed by atoms with E-state index in [1.165, 1.54) is 5.56 Å². The molecule has 1 fully saturated rings. The molecule has 2 amide bonds. The Hall–Kier alpha value is -2.86. The Labute approximate surface area is 191 Å². The minimum atomic E-state index is -0.0482. The van der Waals surface area contributed by atoms with Crippen LogP contribution in [-0.4, -0.2) is 54.4 Å². The van der Waals surface area contributed by atoms with Crippen LogP contribution in [-0.2, 0) is 22.7 Å². The molecule has 1 aliphatic heterocycles. The second kappa shape index (κ2) is 12.2. The SMILES string of the molecule is CCN(CC)Cc1cccc(CNC(=O)C2CCN(C(=O)COc3ccccc3)CC2)c1. The average molecular weight is 438 g/mol. The van der Waals surface area contributed by atoms with Crippen LogP contribution in [0.1, 0.15) is 37.8 Å². The lowest BCUT2D eigenvalue weighted by atomic mass is 9.95. The van der Waals surface area contributed by atoms with Gasteiger partial charge in [0.15, 0.2) is 6.61 Å². The zero-order valence-corrected chi connectivity index (χ0v) is 19.3. The first-order chi connectivity index (χ1) is 15.6. The number of piperidine rings is 1. The Balaban J connectivity index is 1.40. The van der Waals surface area contributed by atoms with Crippen molar-refractivity contribution in [1.29, 1.82) is 0 Å². The average Bonchev–Trinajstić information content (AvgIpc) is 2.85. The molecule has 0 radical (unpaired) electrons. The third-order valence-corrected chi connectivity index (χ3v) is 6.08. The number of nitrogens with one attached hydrogen (secondary N) is 1. The van der Waals surface area contributed by atoms with Gasteiger partial charge in [-0.1, -0.05) is 56.3 Å². The predicted molar refractivity (Wildman–Crippen MR) is 126 cm³/mol. The molecule has 0 spiro atoms. The normalized spacial score (nSPS) is 14.4. The number of hydrogen-bond donors (Lipinski definition) is 1.